The highest BCUT2D eigenvalue weighted by atomic mass is 15.1. The Balaban J connectivity index is 1.49. The van der Waals surface area contributed by atoms with Crippen LogP contribution in [0.3, 0.4) is 0 Å². The summed E-state index contributed by atoms with van der Waals surface area (Å²) in [6.45, 7) is 3.63. The number of rotatable bonds is 5. The molecule has 1 aromatic carbocycles. The second-order valence-corrected chi connectivity index (χ2v) is 6.36. The van der Waals surface area contributed by atoms with E-state index in [4.69, 9.17) is 0 Å². The number of benzene rings is 1. The smallest absolute Gasteiger partial charge is 0.0398 e. The number of hydrogen-bond donors (Lipinski definition) is 1. The largest absolute Gasteiger partial charge is 0.371 e. The van der Waals surface area contributed by atoms with Crippen LogP contribution in [-0.2, 0) is 6.42 Å². The number of fused-ring (bicyclic) bond motifs is 1. The van der Waals surface area contributed by atoms with Crippen molar-refractivity contribution in [3.05, 3.63) is 29.8 Å². The number of nitrogens with one attached hydrogen (secondary N) is 1. The zero-order valence-electron chi connectivity index (χ0n) is 12.6. The molecule has 1 fully saturated rings. The molecule has 0 bridgehead atoms. The topological polar surface area (TPSA) is 15.3 Å². The lowest BCUT2D eigenvalue weighted by Crippen LogP contribution is -2.31. The van der Waals surface area contributed by atoms with Gasteiger partial charge in [-0.2, -0.15) is 0 Å². The molecular weight excluding hydrogens is 244 g/mol. The summed E-state index contributed by atoms with van der Waals surface area (Å²) in [5.74, 6) is 0. The number of aryl methyl sites for hydroxylation is 1. The van der Waals surface area contributed by atoms with Crippen molar-refractivity contribution >= 4 is 5.69 Å². The molecule has 1 saturated carbocycles. The van der Waals surface area contributed by atoms with Gasteiger partial charge in [-0.15, -0.1) is 0 Å². The monoisotopic (exact) mass is 272 g/mol. The maximum Gasteiger partial charge on any atom is 0.0398 e. The molecule has 2 aliphatic rings. The Kier molecular flexibility index (Phi) is 4.96. The fourth-order valence-corrected chi connectivity index (χ4v) is 3.71. The van der Waals surface area contributed by atoms with Crippen molar-refractivity contribution in [2.75, 3.05) is 24.5 Å². The molecule has 0 radical (unpaired) electrons. The van der Waals surface area contributed by atoms with Crippen LogP contribution in [0, 0.1) is 0 Å². The Morgan fingerprint density at radius 1 is 1.05 bits per heavy atom. The molecule has 2 heteroatoms. The van der Waals surface area contributed by atoms with E-state index >= 15 is 0 Å². The van der Waals surface area contributed by atoms with E-state index in [0.29, 0.717) is 0 Å². The van der Waals surface area contributed by atoms with Crippen molar-refractivity contribution in [3.8, 4) is 0 Å². The highest BCUT2D eigenvalue weighted by Crippen LogP contribution is 2.26. The zero-order valence-corrected chi connectivity index (χ0v) is 12.6. The Labute approximate surface area is 123 Å². The first-order valence-electron chi connectivity index (χ1n) is 8.50. The van der Waals surface area contributed by atoms with Gasteiger partial charge in [0.25, 0.3) is 0 Å². The normalized spacial score (nSPS) is 19.9. The molecule has 0 amide bonds. The number of hydrogen-bond acceptors (Lipinski definition) is 2. The summed E-state index contributed by atoms with van der Waals surface area (Å²) in [6.07, 6.45) is 10.9. The third kappa shape index (κ3) is 3.54. The molecule has 1 N–H and O–H groups in total. The van der Waals surface area contributed by atoms with Crippen LogP contribution in [0.1, 0.15) is 50.5 Å². The highest BCUT2D eigenvalue weighted by Gasteiger charge is 2.15. The van der Waals surface area contributed by atoms with Crippen LogP contribution in [0.2, 0.25) is 0 Å². The van der Waals surface area contributed by atoms with Crippen LogP contribution in [-0.4, -0.2) is 25.7 Å². The quantitative estimate of drug-likeness (QED) is 0.821. The van der Waals surface area contributed by atoms with Gasteiger partial charge in [-0.1, -0.05) is 31.0 Å². The van der Waals surface area contributed by atoms with Crippen LogP contribution in [0.15, 0.2) is 24.3 Å². The molecule has 0 saturated heterocycles. The van der Waals surface area contributed by atoms with E-state index in [2.05, 4.69) is 34.5 Å². The lowest BCUT2D eigenvalue weighted by molar-refractivity contribution is 0.513. The molecular formula is C18H28N2. The van der Waals surface area contributed by atoms with Gasteiger partial charge in [0.15, 0.2) is 0 Å². The molecule has 1 heterocycles. The predicted molar refractivity (Wildman–Crippen MR) is 86.5 cm³/mol. The van der Waals surface area contributed by atoms with Crippen LogP contribution in [0.5, 0.6) is 0 Å². The standard InChI is InChI=1S/C18H28N2/c1-4-12-18-16(8-1)9-5-6-14-20(18)15-7-13-19-17-10-2-3-11-17/h1,4,8,12,17,19H,2-3,5-7,9-11,13-15H2. The van der Waals surface area contributed by atoms with Crippen molar-refractivity contribution in [2.24, 2.45) is 0 Å². The lowest BCUT2D eigenvalue weighted by atomic mass is 10.1. The van der Waals surface area contributed by atoms with E-state index in [1.165, 1.54) is 76.7 Å². The van der Waals surface area contributed by atoms with Gasteiger partial charge in [0, 0.05) is 24.8 Å². The van der Waals surface area contributed by atoms with Gasteiger partial charge in [-0.05, 0) is 56.7 Å². The highest BCUT2D eigenvalue weighted by molar-refractivity contribution is 5.54. The second-order valence-electron chi connectivity index (χ2n) is 6.36. The van der Waals surface area contributed by atoms with Gasteiger partial charge < -0.3 is 10.2 Å². The van der Waals surface area contributed by atoms with E-state index in [1.54, 1.807) is 5.56 Å². The Hall–Kier alpha value is -1.02. The maximum absolute atomic E-state index is 3.73. The Morgan fingerprint density at radius 3 is 2.80 bits per heavy atom. The summed E-state index contributed by atoms with van der Waals surface area (Å²) in [5, 5.41) is 3.73. The molecule has 0 aromatic heterocycles. The van der Waals surface area contributed by atoms with Gasteiger partial charge in [0.05, 0.1) is 0 Å². The van der Waals surface area contributed by atoms with Gasteiger partial charge in [0.1, 0.15) is 0 Å². The van der Waals surface area contributed by atoms with Crippen molar-refractivity contribution in [3.63, 3.8) is 0 Å². The SMILES string of the molecule is c1ccc2c(c1)CCCCN2CCCNC1CCCC1. The fraction of sp³-hybridized carbons (Fsp3) is 0.667. The van der Waals surface area contributed by atoms with Crippen LogP contribution in [0.25, 0.3) is 0 Å². The molecule has 1 aliphatic heterocycles. The van der Waals surface area contributed by atoms with Gasteiger partial charge in [-0.25, -0.2) is 0 Å². The lowest BCUT2D eigenvalue weighted by Gasteiger charge is -2.25. The van der Waals surface area contributed by atoms with Crippen molar-refractivity contribution in [1.29, 1.82) is 0 Å². The predicted octanol–water partition coefficient (Wildman–Crippen LogP) is 3.75. The molecule has 110 valence electrons. The molecule has 1 aliphatic carbocycles. The molecule has 20 heavy (non-hydrogen) atoms. The average molecular weight is 272 g/mol. The van der Waals surface area contributed by atoms with Gasteiger partial charge >= 0.3 is 0 Å². The second kappa shape index (κ2) is 7.12. The molecule has 0 atom stereocenters. The minimum Gasteiger partial charge on any atom is -0.371 e. The minimum absolute atomic E-state index is 0.811. The number of para-hydroxylation sites is 1. The molecule has 0 spiro atoms. The van der Waals surface area contributed by atoms with E-state index in [1.807, 2.05) is 0 Å². The average Bonchev–Trinajstić information content (AvgIpc) is 2.91. The summed E-state index contributed by atoms with van der Waals surface area (Å²) in [5.41, 5.74) is 3.04. The van der Waals surface area contributed by atoms with Crippen LogP contribution in [0.4, 0.5) is 5.69 Å². The molecule has 0 unspecified atom stereocenters. The number of anilines is 1. The summed E-state index contributed by atoms with van der Waals surface area (Å²) in [7, 11) is 0. The van der Waals surface area contributed by atoms with E-state index < -0.39 is 0 Å². The van der Waals surface area contributed by atoms with Gasteiger partial charge in [-0.3, -0.25) is 0 Å². The van der Waals surface area contributed by atoms with Crippen LogP contribution < -0.4 is 10.2 Å². The third-order valence-electron chi connectivity index (χ3n) is 4.85. The van der Waals surface area contributed by atoms with E-state index in [9.17, 15) is 0 Å². The first-order chi connectivity index (χ1) is 9.93. The Morgan fingerprint density at radius 2 is 1.90 bits per heavy atom. The molecule has 2 nitrogen and oxygen atoms in total. The molecule has 3 rings (SSSR count). The first kappa shape index (κ1) is 13.9. The Bertz CT molecular complexity index is 410. The maximum atomic E-state index is 3.73. The van der Waals surface area contributed by atoms with Gasteiger partial charge in [0.2, 0.25) is 0 Å². The summed E-state index contributed by atoms with van der Waals surface area (Å²) in [6, 6.07) is 9.80. The molecule has 1 aromatic rings. The third-order valence-corrected chi connectivity index (χ3v) is 4.85. The fourth-order valence-electron chi connectivity index (χ4n) is 3.71. The minimum atomic E-state index is 0.811. The van der Waals surface area contributed by atoms with Crippen molar-refractivity contribution in [2.45, 2.75) is 57.4 Å². The van der Waals surface area contributed by atoms with E-state index in [-0.39, 0.29) is 0 Å². The van der Waals surface area contributed by atoms with Crippen molar-refractivity contribution in [1.82, 2.24) is 5.32 Å². The van der Waals surface area contributed by atoms with Crippen molar-refractivity contribution < 1.29 is 0 Å². The van der Waals surface area contributed by atoms with E-state index in [0.717, 1.165) is 6.04 Å². The zero-order chi connectivity index (χ0) is 13.6. The first-order valence-corrected chi connectivity index (χ1v) is 8.50. The summed E-state index contributed by atoms with van der Waals surface area (Å²) in [4.78, 5) is 2.61. The summed E-state index contributed by atoms with van der Waals surface area (Å²) >= 11 is 0. The number of nitrogens with zero attached hydrogens (tertiary/aromatic N) is 1. The summed E-state index contributed by atoms with van der Waals surface area (Å²) < 4.78 is 0. The van der Waals surface area contributed by atoms with Crippen LogP contribution >= 0.6 is 0 Å².